The SMILES string of the molecule is Cc1cccc(NC(=O)CC(=O)NCCCN(C)C)c1. The molecule has 0 heterocycles. The molecule has 20 heavy (non-hydrogen) atoms. The van der Waals surface area contributed by atoms with Crippen molar-refractivity contribution >= 4 is 17.5 Å². The van der Waals surface area contributed by atoms with Crippen LogP contribution in [0.2, 0.25) is 0 Å². The molecule has 0 aliphatic heterocycles. The minimum absolute atomic E-state index is 0.143. The molecule has 1 aromatic carbocycles. The first-order valence-electron chi connectivity index (χ1n) is 6.75. The van der Waals surface area contributed by atoms with Gasteiger partial charge in [0.2, 0.25) is 11.8 Å². The van der Waals surface area contributed by atoms with E-state index in [0.29, 0.717) is 6.54 Å². The maximum Gasteiger partial charge on any atom is 0.233 e. The third kappa shape index (κ3) is 6.89. The molecule has 0 aromatic heterocycles. The van der Waals surface area contributed by atoms with Crippen LogP contribution < -0.4 is 10.6 Å². The third-order valence-electron chi connectivity index (χ3n) is 2.73. The Labute approximate surface area is 120 Å². The fourth-order valence-electron chi connectivity index (χ4n) is 1.76. The van der Waals surface area contributed by atoms with Crippen LogP contribution in [0.1, 0.15) is 18.4 Å². The lowest BCUT2D eigenvalue weighted by Crippen LogP contribution is -2.30. The fourth-order valence-corrected chi connectivity index (χ4v) is 1.76. The number of benzene rings is 1. The monoisotopic (exact) mass is 277 g/mol. The molecule has 0 unspecified atom stereocenters. The molecule has 0 atom stereocenters. The highest BCUT2D eigenvalue weighted by Crippen LogP contribution is 2.09. The molecule has 0 saturated carbocycles. The van der Waals surface area contributed by atoms with Crippen LogP contribution in [0.5, 0.6) is 0 Å². The lowest BCUT2D eigenvalue weighted by molar-refractivity contribution is -0.126. The van der Waals surface area contributed by atoms with E-state index in [1.165, 1.54) is 0 Å². The van der Waals surface area contributed by atoms with Crippen molar-refractivity contribution in [3.05, 3.63) is 29.8 Å². The highest BCUT2D eigenvalue weighted by atomic mass is 16.2. The van der Waals surface area contributed by atoms with Crippen molar-refractivity contribution < 1.29 is 9.59 Å². The molecule has 0 fully saturated rings. The number of hydrogen-bond donors (Lipinski definition) is 2. The zero-order valence-electron chi connectivity index (χ0n) is 12.4. The van der Waals surface area contributed by atoms with E-state index >= 15 is 0 Å². The molecule has 0 saturated heterocycles. The summed E-state index contributed by atoms with van der Waals surface area (Å²) in [5.41, 5.74) is 1.78. The van der Waals surface area contributed by atoms with Crippen molar-refractivity contribution in [1.29, 1.82) is 0 Å². The topological polar surface area (TPSA) is 61.4 Å². The van der Waals surface area contributed by atoms with Gasteiger partial charge in [0, 0.05) is 12.2 Å². The Morgan fingerprint density at radius 3 is 2.60 bits per heavy atom. The van der Waals surface area contributed by atoms with Gasteiger partial charge in [-0.2, -0.15) is 0 Å². The standard InChI is InChI=1S/C15H23N3O2/c1-12-6-4-7-13(10-12)17-15(20)11-14(19)16-8-5-9-18(2)3/h4,6-7,10H,5,8-9,11H2,1-3H3,(H,16,19)(H,17,20). The highest BCUT2D eigenvalue weighted by Gasteiger charge is 2.09. The van der Waals surface area contributed by atoms with E-state index in [9.17, 15) is 9.59 Å². The Morgan fingerprint density at radius 1 is 1.20 bits per heavy atom. The van der Waals surface area contributed by atoms with Crippen LogP contribution in [0.3, 0.4) is 0 Å². The molecule has 2 N–H and O–H groups in total. The maximum atomic E-state index is 11.7. The van der Waals surface area contributed by atoms with Crippen molar-refractivity contribution in [2.24, 2.45) is 0 Å². The Balaban J connectivity index is 2.26. The van der Waals surface area contributed by atoms with Gasteiger partial charge < -0.3 is 15.5 Å². The Bertz CT molecular complexity index is 458. The molecular formula is C15H23N3O2. The lowest BCUT2D eigenvalue weighted by Gasteiger charge is -2.10. The van der Waals surface area contributed by atoms with E-state index in [1.54, 1.807) is 6.07 Å². The van der Waals surface area contributed by atoms with Gasteiger partial charge in [0.1, 0.15) is 6.42 Å². The summed E-state index contributed by atoms with van der Waals surface area (Å²) in [6, 6.07) is 7.49. The molecule has 1 rings (SSSR count). The van der Waals surface area contributed by atoms with Gasteiger partial charge in [-0.1, -0.05) is 12.1 Å². The number of nitrogens with one attached hydrogen (secondary N) is 2. The summed E-state index contributed by atoms with van der Waals surface area (Å²) in [6.45, 7) is 3.46. The molecule has 0 radical (unpaired) electrons. The Morgan fingerprint density at radius 2 is 1.95 bits per heavy atom. The van der Waals surface area contributed by atoms with Gasteiger partial charge in [-0.3, -0.25) is 9.59 Å². The second-order valence-electron chi connectivity index (χ2n) is 5.10. The number of amides is 2. The van der Waals surface area contributed by atoms with Crippen LogP contribution in [0, 0.1) is 6.92 Å². The molecule has 0 aliphatic rings. The molecular weight excluding hydrogens is 254 g/mol. The van der Waals surface area contributed by atoms with Crippen LogP contribution in [-0.2, 0) is 9.59 Å². The van der Waals surface area contributed by atoms with Crippen molar-refractivity contribution in [3.8, 4) is 0 Å². The maximum absolute atomic E-state index is 11.7. The minimum Gasteiger partial charge on any atom is -0.356 e. The molecule has 110 valence electrons. The summed E-state index contributed by atoms with van der Waals surface area (Å²) in [5, 5.41) is 5.45. The number of nitrogens with zero attached hydrogens (tertiary/aromatic N) is 1. The first-order chi connectivity index (χ1) is 9.47. The van der Waals surface area contributed by atoms with E-state index in [0.717, 1.165) is 24.2 Å². The molecule has 1 aromatic rings. The smallest absolute Gasteiger partial charge is 0.233 e. The van der Waals surface area contributed by atoms with Gasteiger partial charge in [-0.05, 0) is 51.7 Å². The number of aryl methyl sites for hydroxylation is 1. The zero-order chi connectivity index (χ0) is 15.0. The molecule has 5 heteroatoms. The Kier molecular flexibility index (Phi) is 6.73. The van der Waals surface area contributed by atoms with Crippen molar-refractivity contribution in [2.75, 3.05) is 32.5 Å². The van der Waals surface area contributed by atoms with Crippen LogP contribution in [-0.4, -0.2) is 43.9 Å². The van der Waals surface area contributed by atoms with Gasteiger partial charge in [0.25, 0.3) is 0 Å². The number of carbonyl (C=O) groups is 2. The quantitative estimate of drug-likeness (QED) is 0.585. The summed E-state index contributed by atoms with van der Waals surface area (Å²) >= 11 is 0. The van der Waals surface area contributed by atoms with Crippen molar-refractivity contribution in [2.45, 2.75) is 19.8 Å². The Hall–Kier alpha value is -1.88. The summed E-state index contributed by atoms with van der Waals surface area (Å²) < 4.78 is 0. The fraction of sp³-hybridized carbons (Fsp3) is 0.467. The van der Waals surface area contributed by atoms with Crippen LogP contribution in [0.25, 0.3) is 0 Å². The predicted molar refractivity (Wildman–Crippen MR) is 80.6 cm³/mol. The first kappa shape index (κ1) is 16.2. The van der Waals surface area contributed by atoms with Gasteiger partial charge in [-0.15, -0.1) is 0 Å². The third-order valence-corrected chi connectivity index (χ3v) is 2.73. The van der Waals surface area contributed by atoms with E-state index in [1.807, 2.05) is 39.2 Å². The van der Waals surface area contributed by atoms with E-state index in [-0.39, 0.29) is 18.2 Å². The largest absolute Gasteiger partial charge is 0.356 e. The van der Waals surface area contributed by atoms with Crippen molar-refractivity contribution in [1.82, 2.24) is 10.2 Å². The zero-order valence-corrected chi connectivity index (χ0v) is 12.4. The molecule has 2 amide bonds. The number of anilines is 1. The van der Waals surface area contributed by atoms with E-state index in [4.69, 9.17) is 0 Å². The first-order valence-corrected chi connectivity index (χ1v) is 6.75. The number of carbonyl (C=O) groups excluding carboxylic acids is 2. The predicted octanol–water partition coefficient (Wildman–Crippen LogP) is 1.39. The molecule has 0 aliphatic carbocycles. The average Bonchev–Trinajstić information content (AvgIpc) is 2.34. The highest BCUT2D eigenvalue weighted by molar-refractivity contribution is 6.03. The summed E-state index contributed by atoms with van der Waals surface area (Å²) in [7, 11) is 3.97. The average molecular weight is 277 g/mol. The van der Waals surface area contributed by atoms with Crippen molar-refractivity contribution in [3.63, 3.8) is 0 Å². The second-order valence-corrected chi connectivity index (χ2v) is 5.10. The van der Waals surface area contributed by atoms with Gasteiger partial charge in [0.05, 0.1) is 0 Å². The number of hydrogen-bond acceptors (Lipinski definition) is 3. The van der Waals surface area contributed by atoms with Gasteiger partial charge in [0.15, 0.2) is 0 Å². The minimum atomic E-state index is -0.291. The summed E-state index contributed by atoms with van der Waals surface area (Å²) in [6.07, 6.45) is 0.730. The van der Waals surface area contributed by atoms with E-state index < -0.39 is 0 Å². The summed E-state index contributed by atoms with van der Waals surface area (Å²) in [5.74, 6) is -0.533. The lowest BCUT2D eigenvalue weighted by atomic mass is 10.2. The van der Waals surface area contributed by atoms with Gasteiger partial charge in [-0.25, -0.2) is 0 Å². The van der Waals surface area contributed by atoms with Crippen LogP contribution in [0.4, 0.5) is 5.69 Å². The second kappa shape index (κ2) is 8.32. The van der Waals surface area contributed by atoms with Crippen LogP contribution >= 0.6 is 0 Å². The molecule has 0 spiro atoms. The molecule has 0 bridgehead atoms. The number of rotatable bonds is 7. The van der Waals surface area contributed by atoms with Crippen LogP contribution in [0.15, 0.2) is 24.3 Å². The van der Waals surface area contributed by atoms with E-state index in [2.05, 4.69) is 15.5 Å². The normalized spacial score (nSPS) is 10.4. The van der Waals surface area contributed by atoms with Gasteiger partial charge >= 0.3 is 0 Å². The molecule has 5 nitrogen and oxygen atoms in total. The summed E-state index contributed by atoms with van der Waals surface area (Å²) in [4.78, 5) is 25.3.